The molecule has 2 aromatic carbocycles. The Hall–Kier alpha value is -2.15. The van der Waals surface area contributed by atoms with Crippen molar-refractivity contribution in [3.63, 3.8) is 0 Å². The van der Waals surface area contributed by atoms with Crippen molar-refractivity contribution in [3.8, 4) is 0 Å². The van der Waals surface area contributed by atoms with Crippen molar-refractivity contribution in [2.75, 3.05) is 17.9 Å². The summed E-state index contributed by atoms with van der Waals surface area (Å²) in [6.07, 6.45) is -3.47. The maximum atomic E-state index is 14.7. The van der Waals surface area contributed by atoms with Crippen molar-refractivity contribution in [3.05, 3.63) is 65.0 Å². The van der Waals surface area contributed by atoms with Crippen LogP contribution in [-0.2, 0) is 20.8 Å². The Morgan fingerprint density at radius 2 is 1.91 bits per heavy atom. The smallest absolute Gasteiger partial charge is 0.374 e. The third-order valence-electron chi connectivity index (χ3n) is 6.17. The molecule has 4 rings (SSSR count). The molecule has 0 aromatic heterocycles. The second-order valence-corrected chi connectivity index (χ2v) is 11.8. The molecule has 0 bridgehead atoms. The minimum atomic E-state index is -4.68. The number of carbonyl (C=O) groups excluding carboxylic acids is 1. The number of aliphatic hydroxyl groups is 1. The standard InChI is InChI=1S/C23H24F4N2O4S2/c1-35(32,33)16-4-2-3-14(9-16)22(31)29-12-34-11-19(29)21(30)28-20(13-5-6-13)17-8-7-15(10-18(17)24)23(25,26)27/h2-4,7-10,13,19-20,22,31H,5-6,11-12H2,1H3,(H,28,30)/t19-,20-,22?/m1/s1. The van der Waals surface area contributed by atoms with Gasteiger partial charge in [-0.15, -0.1) is 11.8 Å². The Labute approximate surface area is 204 Å². The molecule has 1 unspecified atom stereocenters. The number of thioether (sulfide) groups is 1. The molecule has 1 saturated heterocycles. The Balaban J connectivity index is 1.53. The highest BCUT2D eigenvalue weighted by atomic mass is 32.2. The maximum absolute atomic E-state index is 14.7. The van der Waals surface area contributed by atoms with Crippen molar-refractivity contribution >= 4 is 27.5 Å². The van der Waals surface area contributed by atoms with Crippen LogP contribution in [0, 0.1) is 11.7 Å². The fourth-order valence-electron chi connectivity index (χ4n) is 4.10. The zero-order valence-corrected chi connectivity index (χ0v) is 20.3. The molecule has 0 spiro atoms. The van der Waals surface area contributed by atoms with Gasteiger partial charge < -0.3 is 10.4 Å². The molecular weight excluding hydrogens is 508 g/mol. The third-order valence-corrected chi connectivity index (χ3v) is 8.31. The Kier molecular flexibility index (Phi) is 7.20. The second kappa shape index (κ2) is 9.72. The lowest BCUT2D eigenvalue weighted by atomic mass is 9.99. The van der Waals surface area contributed by atoms with Gasteiger partial charge in [-0.1, -0.05) is 18.2 Å². The molecule has 3 atom stereocenters. The van der Waals surface area contributed by atoms with Gasteiger partial charge >= 0.3 is 6.18 Å². The fourth-order valence-corrected chi connectivity index (χ4v) is 5.98. The molecule has 190 valence electrons. The summed E-state index contributed by atoms with van der Waals surface area (Å²) in [5, 5.41) is 13.7. The zero-order chi connectivity index (χ0) is 25.5. The van der Waals surface area contributed by atoms with Crippen LogP contribution in [0.25, 0.3) is 0 Å². The normalized spacial score (nSPS) is 21.0. The highest BCUT2D eigenvalue weighted by Gasteiger charge is 2.41. The number of carbonyl (C=O) groups is 1. The first-order valence-corrected chi connectivity index (χ1v) is 13.9. The molecule has 35 heavy (non-hydrogen) atoms. The molecule has 2 fully saturated rings. The van der Waals surface area contributed by atoms with Crippen LogP contribution in [0.15, 0.2) is 47.4 Å². The molecule has 0 radical (unpaired) electrons. The summed E-state index contributed by atoms with van der Waals surface area (Å²) in [6.45, 7) is 0. The minimum absolute atomic E-state index is 0.00699. The van der Waals surface area contributed by atoms with E-state index in [0.717, 1.165) is 18.4 Å². The third kappa shape index (κ3) is 5.82. The number of halogens is 4. The molecule has 1 heterocycles. The van der Waals surface area contributed by atoms with Gasteiger partial charge in [0.25, 0.3) is 0 Å². The average molecular weight is 533 g/mol. The van der Waals surface area contributed by atoms with E-state index in [1.54, 1.807) is 6.07 Å². The Morgan fingerprint density at radius 3 is 2.51 bits per heavy atom. The molecule has 1 saturated carbocycles. The van der Waals surface area contributed by atoms with E-state index in [4.69, 9.17) is 0 Å². The topological polar surface area (TPSA) is 86.7 Å². The summed E-state index contributed by atoms with van der Waals surface area (Å²) in [5.74, 6) is -0.979. The minimum Gasteiger partial charge on any atom is -0.374 e. The summed E-state index contributed by atoms with van der Waals surface area (Å²) in [6, 6.07) is 6.54. The van der Waals surface area contributed by atoms with E-state index in [1.165, 1.54) is 34.9 Å². The van der Waals surface area contributed by atoms with Gasteiger partial charge in [0.2, 0.25) is 5.91 Å². The molecule has 2 aromatic rings. The Morgan fingerprint density at radius 1 is 1.20 bits per heavy atom. The van der Waals surface area contributed by atoms with Crippen LogP contribution in [0.5, 0.6) is 0 Å². The van der Waals surface area contributed by atoms with Crippen molar-refractivity contribution in [1.82, 2.24) is 10.2 Å². The van der Waals surface area contributed by atoms with Crippen LogP contribution in [-0.4, -0.2) is 48.3 Å². The lowest BCUT2D eigenvalue weighted by Crippen LogP contribution is -2.47. The first-order chi connectivity index (χ1) is 16.4. The molecule has 1 amide bonds. The van der Waals surface area contributed by atoms with Crippen molar-refractivity contribution in [1.29, 1.82) is 0 Å². The second-order valence-electron chi connectivity index (χ2n) is 8.81. The van der Waals surface area contributed by atoms with Crippen molar-refractivity contribution < 1.29 is 35.9 Å². The number of aliphatic hydroxyl groups excluding tert-OH is 1. The molecule has 6 nitrogen and oxygen atoms in total. The number of benzene rings is 2. The van der Waals surface area contributed by atoms with Crippen LogP contribution >= 0.6 is 11.8 Å². The highest BCUT2D eigenvalue weighted by Crippen LogP contribution is 2.43. The van der Waals surface area contributed by atoms with E-state index in [2.05, 4.69) is 5.32 Å². The summed E-state index contributed by atoms with van der Waals surface area (Å²) in [4.78, 5) is 14.7. The van der Waals surface area contributed by atoms with E-state index in [-0.39, 0.29) is 16.4 Å². The Bertz CT molecular complexity index is 1220. The molecule has 12 heteroatoms. The van der Waals surface area contributed by atoms with Crippen LogP contribution in [0.4, 0.5) is 17.6 Å². The van der Waals surface area contributed by atoms with E-state index in [9.17, 15) is 35.9 Å². The average Bonchev–Trinajstić information content (AvgIpc) is 3.51. The number of amides is 1. The lowest BCUT2D eigenvalue weighted by Gasteiger charge is -2.30. The molecular formula is C23H24F4N2O4S2. The quantitative estimate of drug-likeness (QED) is 0.527. The number of hydrogen-bond acceptors (Lipinski definition) is 6. The first kappa shape index (κ1) is 25.9. The largest absolute Gasteiger partial charge is 0.416 e. The van der Waals surface area contributed by atoms with Crippen LogP contribution in [0.1, 0.15) is 41.8 Å². The number of alkyl halides is 3. The van der Waals surface area contributed by atoms with Gasteiger partial charge in [-0.2, -0.15) is 13.2 Å². The van der Waals surface area contributed by atoms with Crippen LogP contribution < -0.4 is 5.32 Å². The van der Waals surface area contributed by atoms with E-state index in [1.807, 2.05) is 0 Å². The van der Waals surface area contributed by atoms with Gasteiger partial charge in [0, 0.05) is 23.4 Å². The predicted molar refractivity (Wildman–Crippen MR) is 122 cm³/mol. The number of hydrogen-bond donors (Lipinski definition) is 2. The van der Waals surface area contributed by atoms with Gasteiger partial charge in [-0.05, 0) is 48.6 Å². The zero-order valence-electron chi connectivity index (χ0n) is 18.6. The summed E-state index contributed by atoms with van der Waals surface area (Å²) < 4.78 is 77.2. The predicted octanol–water partition coefficient (Wildman–Crippen LogP) is 3.88. The fraction of sp³-hybridized carbons (Fsp3) is 0.435. The van der Waals surface area contributed by atoms with E-state index >= 15 is 0 Å². The summed E-state index contributed by atoms with van der Waals surface area (Å²) in [5.41, 5.74) is -0.800. The van der Waals surface area contributed by atoms with Gasteiger partial charge in [0.1, 0.15) is 18.1 Å². The highest BCUT2D eigenvalue weighted by molar-refractivity contribution is 7.99. The van der Waals surface area contributed by atoms with Gasteiger partial charge in [-0.25, -0.2) is 12.8 Å². The number of nitrogens with zero attached hydrogens (tertiary/aromatic N) is 1. The van der Waals surface area contributed by atoms with Gasteiger partial charge in [0.15, 0.2) is 9.84 Å². The van der Waals surface area contributed by atoms with E-state index < -0.39 is 51.6 Å². The first-order valence-electron chi connectivity index (χ1n) is 10.8. The van der Waals surface area contributed by atoms with Crippen LogP contribution in [0.3, 0.4) is 0 Å². The van der Waals surface area contributed by atoms with E-state index in [0.29, 0.717) is 36.1 Å². The molecule has 1 aliphatic carbocycles. The molecule has 1 aliphatic heterocycles. The summed E-state index contributed by atoms with van der Waals surface area (Å²) in [7, 11) is -3.50. The molecule has 2 aliphatic rings. The SMILES string of the molecule is CS(=O)(=O)c1cccc(C(O)N2CSC[C@@H]2C(=O)N[C@@H](c2ccc(C(F)(F)F)cc2F)C2CC2)c1. The number of rotatable bonds is 7. The van der Waals surface area contributed by atoms with Crippen LogP contribution in [0.2, 0.25) is 0 Å². The van der Waals surface area contributed by atoms with Crippen molar-refractivity contribution in [2.24, 2.45) is 5.92 Å². The maximum Gasteiger partial charge on any atom is 0.416 e. The summed E-state index contributed by atoms with van der Waals surface area (Å²) >= 11 is 1.39. The number of sulfone groups is 1. The van der Waals surface area contributed by atoms with Crippen molar-refractivity contribution in [2.45, 2.75) is 42.2 Å². The monoisotopic (exact) mass is 532 g/mol. The van der Waals surface area contributed by atoms with Gasteiger partial charge in [-0.3, -0.25) is 9.69 Å². The molecule has 2 N–H and O–H groups in total. The number of nitrogens with one attached hydrogen (secondary N) is 1. The van der Waals surface area contributed by atoms with Gasteiger partial charge in [0.05, 0.1) is 16.5 Å². The lowest BCUT2D eigenvalue weighted by molar-refractivity contribution is -0.137.